The lowest BCUT2D eigenvalue weighted by molar-refractivity contribution is -0.566. The van der Waals surface area contributed by atoms with Crippen LogP contribution in [0.2, 0.25) is 0 Å². The van der Waals surface area contributed by atoms with E-state index in [0.717, 1.165) is 4.76 Å². The number of hydrogen-bond acceptors (Lipinski definition) is 5. The quantitative estimate of drug-likeness (QED) is 0.351. The number of nitroso groups, excluding NO2 is 1. The second-order valence-electron chi connectivity index (χ2n) is 9.61. The predicted octanol–water partition coefficient (Wildman–Crippen LogP) is 4.36. The van der Waals surface area contributed by atoms with E-state index in [4.69, 9.17) is 0 Å². The van der Waals surface area contributed by atoms with Crippen LogP contribution in [0.1, 0.15) is 33.1 Å². The molecule has 0 aromatic heterocycles. The molecule has 0 spiro atoms. The van der Waals surface area contributed by atoms with E-state index in [1.165, 1.54) is 24.3 Å². The maximum absolute atomic E-state index is 14.3. The third-order valence-corrected chi connectivity index (χ3v) is 7.32. The first kappa shape index (κ1) is 26.4. The number of nitrogens with one attached hydrogen (secondary N) is 1. The summed E-state index contributed by atoms with van der Waals surface area (Å²) in [6.07, 6.45) is -2.79. The molecule has 5 rings (SSSR count). The van der Waals surface area contributed by atoms with Gasteiger partial charge in [-0.1, -0.05) is 6.07 Å². The lowest BCUT2D eigenvalue weighted by Gasteiger charge is -2.30. The summed E-state index contributed by atoms with van der Waals surface area (Å²) >= 11 is 0. The Morgan fingerprint density at radius 1 is 1.10 bits per heavy atom. The minimum atomic E-state index is -4.89. The highest BCUT2D eigenvalue weighted by Crippen LogP contribution is 2.47. The van der Waals surface area contributed by atoms with Crippen LogP contribution in [0.3, 0.4) is 0 Å². The number of aryl methyl sites for hydroxylation is 1. The fourth-order valence-corrected chi connectivity index (χ4v) is 5.43. The van der Waals surface area contributed by atoms with Gasteiger partial charge in [0, 0.05) is 46.0 Å². The van der Waals surface area contributed by atoms with Gasteiger partial charge in [-0.2, -0.15) is 13.2 Å². The number of likely N-dealkylation sites (N-methyl/N-ethyl adjacent to an activating group) is 2. The molecule has 2 heterocycles. The van der Waals surface area contributed by atoms with Crippen molar-refractivity contribution in [1.29, 1.82) is 0 Å². The molecule has 39 heavy (non-hydrogen) atoms. The van der Waals surface area contributed by atoms with Crippen LogP contribution in [-0.4, -0.2) is 53.7 Å². The van der Waals surface area contributed by atoms with E-state index in [0.29, 0.717) is 46.3 Å². The number of rotatable bonds is 4. The molecule has 0 fully saturated rings. The molecule has 1 N–H and O–H groups in total. The van der Waals surface area contributed by atoms with Crippen LogP contribution in [0.4, 0.5) is 22.0 Å². The smallest absolute Gasteiger partial charge is 0.321 e. The summed E-state index contributed by atoms with van der Waals surface area (Å²) in [7, 11) is 3.36. The molecule has 2 aromatic rings. The zero-order valence-corrected chi connectivity index (χ0v) is 20.9. The van der Waals surface area contributed by atoms with Crippen molar-refractivity contribution in [1.82, 2.24) is 15.3 Å². The van der Waals surface area contributed by atoms with Crippen molar-refractivity contribution in [3.8, 4) is 0 Å². The fourth-order valence-electron chi connectivity index (χ4n) is 5.43. The lowest BCUT2D eigenvalue weighted by Crippen LogP contribution is -2.40. The van der Waals surface area contributed by atoms with Crippen molar-refractivity contribution in [2.45, 2.75) is 25.2 Å². The first-order valence-corrected chi connectivity index (χ1v) is 11.8. The van der Waals surface area contributed by atoms with Crippen molar-refractivity contribution in [3.63, 3.8) is 0 Å². The molecule has 3 aliphatic rings. The van der Waals surface area contributed by atoms with Crippen LogP contribution in [-0.2, 0) is 11.0 Å². The molecule has 2 unspecified atom stereocenters. The monoisotopic (exact) mass is 545 g/mol. The topological polar surface area (TPSA) is 72.7 Å². The van der Waals surface area contributed by atoms with Crippen LogP contribution in [0.15, 0.2) is 70.6 Å². The highest BCUT2D eigenvalue weighted by atomic mass is 19.4. The molecule has 2 atom stereocenters. The van der Waals surface area contributed by atoms with E-state index < -0.39 is 46.9 Å². The van der Waals surface area contributed by atoms with Crippen LogP contribution >= 0.6 is 0 Å². The van der Waals surface area contributed by atoms with Gasteiger partial charge in [0.1, 0.15) is 11.6 Å². The van der Waals surface area contributed by atoms with Gasteiger partial charge in [-0.3, -0.25) is 9.59 Å². The number of amides is 1. The summed E-state index contributed by atoms with van der Waals surface area (Å²) in [5.74, 6) is -2.88. The van der Waals surface area contributed by atoms with E-state index >= 15 is 0 Å². The summed E-state index contributed by atoms with van der Waals surface area (Å²) in [5.41, 5.74) is 0.662. The Morgan fingerprint density at radius 3 is 2.49 bits per heavy atom. The van der Waals surface area contributed by atoms with E-state index in [2.05, 4.69) is 5.32 Å². The van der Waals surface area contributed by atoms with Gasteiger partial charge in [0.15, 0.2) is 6.29 Å². The summed E-state index contributed by atoms with van der Waals surface area (Å²) in [4.78, 5) is 38.5. The Labute approximate surface area is 219 Å². The van der Waals surface area contributed by atoms with Crippen molar-refractivity contribution in [2.75, 3.05) is 20.6 Å². The van der Waals surface area contributed by atoms with Crippen LogP contribution in [0, 0.1) is 23.5 Å². The third kappa shape index (κ3) is 4.34. The van der Waals surface area contributed by atoms with E-state index in [1.807, 2.05) is 0 Å². The van der Waals surface area contributed by atoms with Crippen molar-refractivity contribution < 1.29 is 36.3 Å². The third-order valence-electron chi connectivity index (χ3n) is 7.32. The van der Waals surface area contributed by atoms with Crippen molar-refractivity contribution in [2.24, 2.45) is 0 Å². The van der Waals surface area contributed by atoms with Gasteiger partial charge in [-0.25, -0.2) is 13.8 Å². The van der Waals surface area contributed by atoms with Crippen molar-refractivity contribution in [3.05, 3.63) is 109 Å². The second kappa shape index (κ2) is 9.23. The molecule has 1 amide bonds. The average molecular weight is 545 g/mol. The number of carbonyl (C=O) groups excluding carboxylic acids is 2. The number of benzene rings is 2. The Hall–Kier alpha value is -4.19. The molecule has 0 saturated carbocycles. The molecule has 2 aromatic carbocycles. The molecule has 0 radical (unpaired) electrons. The van der Waals surface area contributed by atoms with Gasteiger partial charge in [-0.05, 0) is 48.9 Å². The standard InChI is InChI=1S/C27H21F5N4O3/c1-13-4-5-16(28)9-18(13)25-23-20(11-36(25)39)24-19(22(12-37)34(2)35(24)3)10-21(23)33-26(38)14-6-15(27(30,31)32)8-17(29)7-14/h4-10,12,24-25H,11H2,1-3H3/p+1. The Kier molecular flexibility index (Phi) is 6.25. The van der Waals surface area contributed by atoms with Gasteiger partial charge in [-0.15, -0.1) is 0 Å². The van der Waals surface area contributed by atoms with Crippen molar-refractivity contribution >= 4 is 12.2 Å². The van der Waals surface area contributed by atoms with Gasteiger partial charge < -0.3 is 10.3 Å². The summed E-state index contributed by atoms with van der Waals surface area (Å²) in [6.45, 7) is 1.56. The van der Waals surface area contributed by atoms with E-state index in [9.17, 15) is 36.4 Å². The van der Waals surface area contributed by atoms with Crippen LogP contribution < -0.4 is 5.32 Å². The predicted molar refractivity (Wildman–Crippen MR) is 129 cm³/mol. The summed E-state index contributed by atoms with van der Waals surface area (Å²) in [5, 5.41) is 5.85. The number of hydrogen-bond donors (Lipinski definition) is 1. The normalized spacial score (nSPS) is 21.3. The number of nitrogens with zero attached hydrogens (tertiary/aromatic N) is 3. The number of fused-ring (bicyclic) bond motifs is 2. The van der Waals surface area contributed by atoms with Gasteiger partial charge in [0.2, 0.25) is 6.54 Å². The first-order chi connectivity index (χ1) is 18.3. The Morgan fingerprint density at radius 2 is 1.82 bits per heavy atom. The molecule has 12 heteroatoms. The minimum Gasteiger partial charge on any atom is -0.321 e. The summed E-state index contributed by atoms with van der Waals surface area (Å²) in [6, 6.07) is 3.85. The molecule has 202 valence electrons. The molecule has 0 bridgehead atoms. The maximum Gasteiger partial charge on any atom is 0.416 e. The molecular weight excluding hydrogens is 523 g/mol. The summed E-state index contributed by atoms with van der Waals surface area (Å²) < 4.78 is 68.8. The SMILES string of the molecule is Cc1ccc(F)cc1C1C2=C(C[N+]1=O)C1C(=C(C=O)N(C)N1C)C=C2NC(=O)c1cc(F)cc(C(F)(F)F)c1. The molecule has 2 aliphatic heterocycles. The zero-order chi connectivity index (χ0) is 28.4. The molecule has 7 nitrogen and oxygen atoms in total. The van der Waals surface area contributed by atoms with E-state index in [1.54, 1.807) is 31.0 Å². The fraction of sp³-hybridized carbons (Fsp3) is 0.259. The largest absolute Gasteiger partial charge is 0.416 e. The number of alkyl halides is 3. The molecule has 1 aliphatic carbocycles. The minimum absolute atomic E-state index is 0.0501. The molecule has 0 saturated heterocycles. The first-order valence-electron chi connectivity index (χ1n) is 11.8. The molecular formula is C27H22F5N4O3+. The lowest BCUT2D eigenvalue weighted by atomic mass is 9.83. The van der Waals surface area contributed by atoms with E-state index in [-0.39, 0.29) is 24.0 Å². The zero-order valence-electron chi connectivity index (χ0n) is 20.9. The number of allylic oxidation sites excluding steroid dienone is 1. The highest BCUT2D eigenvalue weighted by Gasteiger charge is 2.52. The van der Waals surface area contributed by atoms with Crippen LogP contribution in [0.5, 0.6) is 0 Å². The number of carbonyl (C=O) groups is 2. The van der Waals surface area contributed by atoms with Crippen LogP contribution in [0.25, 0.3) is 0 Å². The number of hydrazine groups is 1. The second-order valence-corrected chi connectivity index (χ2v) is 9.61. The van der Waals surface area contributed by atoms with Gasteiger partial charge in [0.25, 0.3) is 11.9 Å². The highest BCUT2D eigenvalue weighted by molar-refractivity contribution is 5.96. The van der Waals surface area contributed by atoms with Gasteiger partial charge >= 0.3 is 6.18 Å². The number of halogens is 5. The maximum atomic E-state index is 14.3. The van der Waals surface area contributed by atoms with Gasteiger partial charge in [0.05, 0.1) is 28.6 Å². The Bertz CT molecular complexity index is 1540. The average Bonchev–Trinajstić information content (AvgIpc) is 3.32. The Balaban J connectivity index is 1.66. The number of aldehydes is 1.